The Hall–Kier alpha value is -1.44. The molecule has 0 amide bonds. The number of methoxy groups -OCH3 is 2. The number of anilines is 2. The second-order valence-corrected chi connectivity index (χ2v) is 3.81. The normalized spacial score (nSPS) is 10.4. The van der Waals surface area contributed by atoms with Gasteiger partial charge in [-0.3, -0.25) is 5.43 Å². The minimum absolute atomic E-state index is 0.407. The molecule has 0 spiro atoms. The Balaban J connectivity index is 2.84. The summed E-state index contributed by atoms with van der Waals surface area (Å²) in [5.41, 5.74) is 3.32. The minimum Gasteiger partial charge on any atom is -0.383 e. The van der Waals surface area contributed by atoms with Crippen molar-refractivity contribution >= 4 is 11.8 Å². The van der Waals surface area contributed by atoms with E-state index < -0.39 is 0 Å². The van der Waals surface area contributed by atoms with Crippen molar-refractivity contribution in [1.82, 2.24) is 9.97 Å². The van der Waals surface area contributed by atoms with E-state index in [0.717, 1.165) is 24.6 Å². The largest absolute Gasteiger partial charge is 0.383 e. The Kier molecular flexibility index (Phi) is 6.34. The summed E-state index contributed by atoms with van der Waals surface area (Å²) in [6.07, 6.45) is 0. The number of aryl methyl sites for hydroxylation is 1. The van der Waals surface area contributed by atoms with Gasteiger partial charge in [0, 0.05) is 39.1 Å². The van der Waals surface area contributed by atoms with Gasteiger partial charge in [-0.2, -0.15) is 4.98 Å². The fraction of sp³-hybridized carbons (Fsp3) is 0.636. The van der Waals surface area contributed by atoms with Crippen LogP contribution in [0, 0.1) is 6.92 Å². The Bertz CT molecular complexity index is 353. The number of rotatable bonds is 8. The Labute approximate surface area is 107 Å². The van der Waals surface area contributed by atoms with Crippen LogP contribution in [0.2, 0.25) is 0 Å². The number of ether oxygens (including phenoxy) is 2. The van der Waals surface area contributed by atoms with Gasteiger partial charge < -0.3 is 14.4 Å². The van der Waals surface area contributed by atoms with E-state index in [9.17, 15) is 0 Å². The summed E-state index contributed by atoms with van der Waals surface area (Å²) in [5, 5.41) is 0. The highest BCUT2D eigenvalue weighted by Crippen LogP contribution is 2.14. The van der Waals surface area contributed by atoms with Crippen molar-refractivity contribution in [1.29, 1.82) is 0 Å². The molecule has 0 bridgehead atoms. The molecule has 0 atom stereocenters. The molecule has 0 saturated carbocycles. The molecule has 0 saturated heterocycles. The molecule has 102 valence electrons. The molecule has 18 heavy (non-hydrogen) atoms. The summed E-state index contributed by atoms with van der Waals surface area (Å²) in [4.78, 5) is 10.6. The standard InChI is InChI=1S/C11H21N5O2/c1-9-8-10(14-11(13-9)15-12)16(4-6-17-2)5-7-18-3/h8H,4-7,12H2,1-3H3,(H,13,14,15). The summed E-state index contributed by atoms with van der Waals surface area (Å²) >= 11 is 0. The third kappa shape index (κ3) is 4.44. The smallest absolute Gasteiger partial charge is 0.239 e. The van der Waals surface area contributed by atoms with Crippen molar-refractivity contribution in [3.63, 3.8) is 0 Å². The number of hydrogen-bond donors (Lipinski definition) is 2. The van der Waals surface area contributed by atoms with Gasteiger partial charge in [-0.1, -0.05) is 0 Å². The molecule has 1 heterocycles. The van der Waals surface area contributed by atoms with Crippen molar-refractivity contribution < 1.29 is 9.47 Å². The first-order valence-corrected chi connectivity index (χ1v) is 5.76. The first kappa shape index (κ1) is 14.6. The fourth-order valence-corrected chi connectivity index (χ4v) is 1.52. The molecule has 0 aliphatic heterocycles. The van der Waals surface area contributed by atoms with Gasteiger partial charge in [0.2, 0.25) is 5.95 Å². The lowest BCUT2D eigenvalue weighted by Crippen LogP contribution is -2.31. The highest BCUT2D eigenvalue weighted by atomic mass is 16.5. The van der Waals surface area contributed by atoms with Gasteiger partial charge in [0.1, 0.15) is 5.82 Å². The average Bonchev–Trinajstić information content (AvgIpc) is 2.38. The first-order valence-electron chi connectivity index (χ1n) is 5.76. The SMILES string of the molecule is COCCN(CCOC)c1cc(C)nc(NN)n1. The van der Waals surface area contributed by atoms with Crippen LogP contribution in [0.4, 0.5) is 11.8 Å². The lowest BCUT2D eigenvalue weighted by atomic mass is 10.4. The number of aromatic nitrogens is 2. The van der Waals surface area contributed by atoms with Gasteiger partial charge in [0.15, 0.2) is 0 Å². The summed E-state index contributed by atoms with van der Waals surface area (Å²) < 4.78 is 10.2. The third-order valence-corrected chi connectivity index (χ3v) is 2.42. The zero-order valence-electron chi connectivity index (χ0n) is 11.1. The van der Waals surface area contributed by atoms with E-state index in [4.69, 9.17) is 15.3 Å². The lowest BCUT2D eigenvalue weighted by Gasteiger charge is -2.23. The Morgan fingerprint density at radius 1 is 1.22 bits per heavy atom. The van der Waals surface area contributed by atoms with Crippen LogP contribution < -0.4 is 16.2 Å². The van der Waals surface area contributed by atoms with E-state index in [1.165, 1.54) is 0 Å². The molecular formula is C11H21N5O2. The number of hydrazine groups is 1. The van der Waals surface area contributed by atoms with Gasteiger partial charge in [-0.15, -0.1) is 0 Å². The number of hydrogen-bond acceptors (Lipinski definition) is 7. The van der Waals surface area contributed by atoms with Gasteiger partial charge in [-0.25, -0.2) is 10.8 Å². The molecule has 1 rings (SSSR count). The molecule has 7 heteroatoms. The maximum Gasteiger partial charge on any atom is 0.239 e. The quantitative estimate of drug-likeness (QED) is 0.506. The summed E-state index contributed by atoms with van der Waals surface area (Å²) in [5.74, 6) is 6.56. The van der Waals surface area contributed by atoms with Crippen LogP contribution in [0.3, 0.4) is 0 Å². The predicted molar refractivity (Wildman–Crippen MR) is 70.5 cm³/mol. The molecule has 0 fully saturated rings. The minimum atomic E-state index is 0.407. The summed E-state index contributed by atoms with van der Waals surface area (Å²) in [7, 11) is 3.35. The monoisotopic (exact) mass is 255 g/mol. The van der Waals surface area contributed by atoms with E-state index in [2.05, 4.69) is 20.3 Å². The highest BCUT2D eigenvalue weighted by molar-refractivity contribution is 5.44. The Morgan fingerprint density at radius 2 is 1.83 bits per heavy atom. The fourth-order valence-electron chi connectivity index (χ4n) is 1.52. The first-order chi connectivity index (χ1) is 8.71. The molecule has 3 N–H and O–H groups in total. The van der Waals surface area contributed by atoms with Crippen LogP contribution in [0.15, 0.2) is 6.07 Å². The van der Waals surface area contributed by atoms with Crippen LogP contribution >= 0.6 is 0 Å². The van der Waals surface area contributed by atoms with Crippen LogP contribution in [-0.2, 0) is 9.47 Å². The molecule has 0 unspecified atom stereocenters. The molecule has 0 aliphatic carbocycles. The van der Waals surface area contributed by atoms with Crippen molar-refractivity contribution in [2.75, 3.05) is 50.8 Å². The van der Waals surface area contributed by atoms with Crippen molar-refractivity contribution in [2.24, 2.45) is 5.84 Å². The van der Waals surface area contributed by atoms with Gasteiger partial charge in [0.05, 0.1) is 13.2 Å². The van der Waals surface area contributed by atoms with E-state index >= 15 is 0 Å². The number of nitrogens with two attached hydrogens (primary N) is 1. The van der Waals surface area contributed by atoms with Crippen LogP contribution in [0.25, 0.3) is 0 Å². The molecule has 7 nitrogen and oxygen atoms in total. The topological polar surface area (TPSA) is 85.5 Å². The Morgan fingerprint density at radius 3 is 2.33 bits per heavy atom. The van der Waals surface area contributed by atoms with Gasteiger partial charge in [0.25, 0.3) is 0 Å². The van der Waals surface area contributed by atoms with E-state index in [0.29, 0.717) is 19.2 Å². The van der Waals surface area contributed by atoms with Crippen molar-refractivity contribution in [3.8, 4) is 0 Å². The second kappa shape index (κ2) is 7.80. The second-order valence-electron chi connectivity index (χ2n) is 3.81. The lowest BCUT2D eigenvalue weighted by molar-refractivity contribution is 0.190. The molecule has 0 radical (unpaired) electrons. The van der Waals surface area contributed by atoms with E-state index in [1.54, 1.807) is 14.2 Å². The zero-order valence-corrected chi connectivity index (χ0v) is 11.1. The maximum atomic E-state index is 5.35. The summed E-state index contributed by atoms with van der Waals surface area (Å²) in [6, 6.07) is 1.91. The molecule has 0 aliphatic rings. The van der Waals surface area contributed by atoms with E-state index in [1.807, 2.05) is 13.0 Å². The zero-order chi connectivity index (χ0) is 13.4. The van der Waals surface area contributed by atoms with Gasteiger partial charge >= 0.3 is 0 Å². The number of nitrogens with zero attached hydrogens (tertiary/aromatic N) is 3. The highest BCUT2D eigenvalue weighted by Gasteiger charge is 2.10. The number of nitrogen functional groups attached to an aromatic ring is 1. The van der Waals surface area contributed by atoms with Crippen molar-refractivity contribution in [2.45, 2.75) is 6.92 Å². The molecule has 1 aromatic rings. The van der Waals surface area contributed by atoms with E-state index in [-0.39, 0.29) is 0 Å². The third-order valence-electron chi connectivity index (χ3n) is 2.42. The van der Waals surface area contributed by atoms with Crippen molar-refractivity contribution in [3.05, 3.63) is 11.8 Å². The van der Waals surface area contributed by atoms with Crippen LogP contribution in [-0.4, -0.2) is 50.5 Å². The molecular weight excluding hydrogens is 234 g/mol. The molecule has 0 aromatic carbocycles. The predicted octanol–water partition coefficient (Wildman–Crippen LogP) is 0.170. The molecule has 1 aromatic heterocycles. The average molecular weight is 255 g/mol. The van der Waals surface area contributed by atoms with Crippen LogP contribution in [0.1, 0.15) is 5.69 Å². The maximum absolute atomic E-state index is 5.35. The van der Waals surface area contributed by atoms with Crippen LogP contribution in [0.5, 0.6) is 0 Å². The number of nitrogens with one attached hydrogen (secondary N) is 1. The summed E-state index contributed by atoms with van der Waals surface area (Å²) in [6.45, 7) is 4.62. The van der Waals surface area contributed by atoms with Gasteiger partial charge in [-0.05, 0) is 6.92 Å².